The van der Waals surface area contributed by atoms with Crippen LogP contribution in [0.15, 0.2) is 55.0 Å². The molecule has 1 atom stereocenters. The smallest absolute Gasteiger partial charge is 0.187 e. The number of benzene rings is 2. The first-order valence-electron chi connectivity index (χ1n) is 9.90. The molecule has 0 unspecified atom stereocenters. The van der Waals surface area contributed by atoms with Gasteiger partial charge < -0.3 is 9.88 Å². The van der Waals surface area contributed by atoms with E-state index >= 15 is 0 Å². The van der Waals surface area contributed by atoms with Gasteiger partial charge in [0.2, 0.25) is 0 Å². The molecule has 0 saturated carbocycles. The third-order valence-electron chi connectivity index (χ3n) is 5.42. The summed E-state index contributed by atoms with van der Waals surface area (Å²) in [5.41, 5.74) is 4.21. The van der Waals surface area contributed by atoms with Crippen molar-refractivity contribution in [1.29, 1.82) is 0 Å². The average molecular weight is 439 g/mol. The normalized spacial score (nSPS) is 15.8. The molecule has 152 valence electrons. The number of aryl methyl sites for hydroxylation is 2. The third kappa shape index (κ3) is 3.61. The molecule has 30 heavy (non-hydrogen) atoms. The van der Waals surface area contributed by atoms with E-state index in [4.69, 9.17) is 16.6 Å². The third-order valence-corrected chi connectivity index (χ3v) is 6.81. The van der Waals surface area contributed by atoms with Gasteiger partial charge >= 0.3 is 0 Å². The second-order valence-electron chi connectivity index (χ2n) is 7.51. The second-order valence-corrected chi connectivity index (χ2v) is 9.00. The standard InChI is InChI=1S/C23H20ClFN4S/c1-14-12-29(13-26-14)20-10-9-15(11-19(20)25)27-23-28-22-17(6-4-8-21(22)30-23)16-5-2-3-7-18(16)24/h2-3,5,7,9-13,17H,4,6,8H2,1H3,(H,27,28)/t17-/m1/s1. The van der Waals surface area contributed by atoms with Crippen LogP contribution in [0.5, 0.6) is 0 Å². The average Bonchev–Trinajstić information content (AvgIpc) is 3.34. The number of imidazole rings is 1. The van der Waals surface area contributed by atoms with E-state index in [1.807, 2.05) is 31.2 Å². The highest BCUT2D eigenvalue weighted by Crippen LogP contribution is 2.42. The van der Waals surface area contributed by atoms with Crippen molar-refractivity contribution in [2.24, 2.45) is 0 Å². The fourth-order valence-electron chi connectivity index (χ4n) is 4.00. The summed E-state index contributed by atoms with van der Waals surface area (Å²) in [7, 11) is 0. The van der Waals surface area contributed by atoms with E-state index in [1.54, 1.807) is 34.5 Å². The number of anilines is 2. The molecule has 0 saturated heterocycles. The van der Waals surface area contributed by atoms with Crippen LogP contribution >= 0.6 is 22.9 Å². The number of aromatic nitrogens is 3. The zero-order valence-corrected chi connectivity index (χ0v) is 18.0. The molecule has 4 nitrogen and oxygen atoms in total. The minimum atomic E-state index is -0.312. The summed E-state index contributed by atoms with van der Waals surface area (Å²) in [6.07, 6.45) is 6.58. The topological polar surface area (TPSA) is 42.7 Å². The predicted octanol–water partition coefficient (Wildman–Crippen LogP) is 6.64. The van der Waals surface area contributed by atoms with Crippen molar-refractivity contribution in [2.45, 2.75) is 32.1 Å². The number of halogens is 2. The Kier molecular flexibility index (Phi) is 5.05. The Morgan fingerprint density at radius 3 is 2.87 bits per heavy atom. The molecular formula is C23H20ClFN4S. The first-order valence-corrected chi connectivity index (χ1v) is 11.1. The van der Waals surface area contributed by atoms with Crippen molar-refractivity contribution in [1.82, 2.24) is 14.5 Å². The van der Waals surface area contributed by atoms with E-state index in [1.165, 1.54) is 10.9 Å². The van der Waals surface area contributed by atoms with E-state index in [-0.39, 0.29) is 11.7 Å². The first kappa shape index (κ1) is 19.3. The highest BCUT2D eigenvalue weighted by molar-refractivity contribution is 7.15. The van der Waals surface area contributed by atoms with Crippen LogP contribution in [0.25, 0.3) is 5.69 Å². The predicted molar refractivity (Wildman–Crippen MR) is 120 cm³/mol. The highest BCUT2D eigenvalue weighted by atomic mass is 35.5. The summed E-state index contributed by atoms with van der Waals surface area (Å²) in [4.78, 5) is 10.3. The number of hydrogen-bond acceptors (Lipinski definition) is 4. The van der Waals surface area contributed by atoms with Crippen LogP contribution < -0.4 is 5.32 Å². The van der Waals surface area contributed by atoms with Gasteiger partial charge in [-0.25, -0.2) is 14.4 Å². The Morgan fingerprint density at radius 2 is 2.10 bits per heavy atom. The molecule has 0 bridgehead atoms. The van der Waals surface area contributed by atoms with Gasteiger partial charge in [0, 0.05) is 27.7 Å². The molecule has 0 aliphatic heterocycles. The summed E-state index contributed by atoms with van der Waals surface area (Å²) < 4.78 is 16.4. The molecule has 5 rings (SSSR count). The van der Waals surface area contributed by atoms with Crippen molar-refractivity contribution in [3.63, 3.8) is 0 Å². The highest BCUT2D eigenvalue weighted by Gasteiger charge is 2.27. The van der Waals surface area contributed by atoms with E-state index in [0.717, 1.165) is 46.4 Å². The fraction of sp³-hybridized carbons (Fsp3) is 0.217. The molecule has 7 heteroatoms. The summed E-state index contributed by atoms with van der Waals surface area (Å²) in [5, 5.41) is 4.85. The van der Waals surface area contributed by atoms with Crippen LogP contribution in [0.4, 0.5) is 15.2 Å². The molecule has 2 aromatic heterocycles. The molecule has 0 radical (unpaired) electrons. The monoisotopic (exact) mass is 438 g/mol. The van der Waals surface area contributed by atoms with Gasteiger partial charge in [-0.15, -0.1) is 11.3 Å². The maximum Gasteiger partial charge on any atom is 0.187 e. The maximum atomic E-state index is 14.7. The SMILES string of the molecule is Cc1cn(-c2ccc(Nc3nc4c(s3)CCC[C@@H]4c3ccccc3Cl)cc2F)cn1. The van der Waals surface area contributed by atoms with E-state index in [2.05, 4.69) is 16.4 Å². The van der Waals surface area contributed by atoms with Crippen LogP contribution in [0.3, 0.4) is 0 Å². The number of nitrogens with zero attached hydrogens (tertiary/aromatic N) is 3. The van der Waals surface area contributed by atoms with Gasteiger partial charge in [0.05, 0.1) is 23.4 Å². The zero-order valence-electron chi connectivity index (χ0n) is 16.4. The summed E-state index contributed by atoms with van der Waals surface area (Å²) in [6, 6.07) is 13.1. The van der Waals surface area contributed by atoms with Crippen molar-refractivity contribution in [2.75, 3.05) is 5.32 Å². The van der Waals surface area contributed by atoms with Crippen molar-refractivity contribution >= 4 is 33.8 Å². The van der Waals surface area contributed by atoms with Crippen LogP contribution in [0.1, 0.15) is 40.6 Å². The lowest BCUT2D eigenvalue weighted by molar-refractivity contribution is 0.610. The van der Waals surface area contributed by atoms with E-state index in [0.29, 0.717) is 11.4 Å². The van der Waals surface area contributed by atoms with Crippen LogP contribution in [0, 0.1) is 12.7 Å². The second kappa shape index (κ2) is 7.85. The number of hydrogen-bond donors (Lipinski definition) is 1. The maximum absolute atomic E-state index is 14.7. The van der Waals surface area contributed by atoms with Crippen molar-refractivity contribution in [3.8, 4) is 5.69 Å². The summed E-state index contributed by atoms with van der Waals surface area (Å²) in [6.45, 7) is 1.88. The van der Waals surface area contributed by atoms with Crippen LogP contribution in [-0.2, 0) is 6.42 Å². The first-order chi connectivity index (χ1) is 14.6. The lowest BCUT2D eigenvalue weighted by Gasteiger charge is -2.22. The Balaban J connectivity index is 1.42. The molecule has 0 fully saturated rings. The number of fused-ring (bicyclic) bond motifs is 1. The number of nitrogens with one attached hydrogen (secondary N) is 1. The number of thiazole rings is 1. The summed E-state index contributed by atoms with van der Waals surface area (Å²) >= 11 is 8.10. The minimum absolute atomic E-state index is 0.206. The van der Waals surface area contributed by atoms with Gasteiger partial charge in [-0.05, 0) is 56.0 Å². The van der Waals surface area contributed by atoms with Gasteiger partial charge in [-0.3, -0.25) is 0 Å². The number of rotatable bonds is 4. The molecular weight excluding hydrogens is 419 g/mol. The van der Waals surface area contributed by atoms with Gasteiger partial charge in [0.25, 0.3) is 0 Å². The van der Waals surface area contributed by atoms with Gasteiger partial charge in [-0.1, -0.05) is 29.8 Å². The quantitative estimate of drug-likeness (QED) is 0.388. The van der Waals surface area contributed by atoms with Crippen LogP contribution in [0.2, 0.25) is 5.02 Å². The van der Waals surface area contributed by atoms with Gasteiger partial charge in [0.15, 0.2) is 5.13 Å². The molecule has 4 aromatic rings. The lowest BCUT2D eigenvalue weighted by atomic mass is 9.85. The Bertz CT molecular complexity index is 1220. The zero-order chi connectivity index (χ0) is 20.7. The Morgan fingerprint density at radius 1 is 1.23 bits per heavy atom. The van der Waals surface area contributed by atoms with Crippen LogP contribution in [-0.4, -0.2) is 14.5 Å². The van der Waals surface area contributed by atoms with Gasteiger partial charge in [-0.2, -0.15) is 0 Å². The van der Waals surface area contributed by atoms with Crippen molar-refractivity contribution in [3.05, 3.63) is 87.7 Å². The lowest BCUT2D eigenvalue weighted by Crippen LogP contribution is -2.10. The molecule has 1 aliphatic rings. The fourth-order valence-corrected chi connectivity index (χ4v) is 5.36. The molecule has 1 aliphatic carbocycles. The van der Waals surface area contributed by atoms with E-state index in [9.17, 15) is 4.39 Å². The van der Waals surface area contributed by atoms with E-state index < -0.39 is 0 Å². The minimum Gasteiger partial charge on any atom is -0.331 e. The molecule has 2 aromatic carbocycles. The molecule has 0 amide bonds. The molecule has 0 spiro atoms. The van der Waals surface area contributed by atoms with Crippen molar-refractivity contribution < 1.29 is 4.39 Å². The Hall–Kier alpha value is -2.70. The Labute approximate surface area is 183 Å². The largest absolute Gasteiger partial charge is 0.331 e. The molecule has 2 heterocycles. The molecule has 1 N–H and O–H groups in total. The van der Waals surface area contributed by atoms with Gasteiger partial charge in [0.1, 0.15) is 5.82 Å². The summed E-state index contributed by atoms with van der Waals surface area (Å²) in [5.74, 6) is -0.106.